The fourth-order valence-electron chi connectivity index (χ4n) is 2.32. The van der Waals surface area contributed by atoms with E-state index in [1.807, 2.05) is 12.1 Å². The van der Waals surface area contributed by atoms with Gasteiger partial charge in [0, 0.05) is 0 Å². The van der Waals surface area contributed by atoms with E-state index in [2.05, 4.69) is 20.8 Å². The molecule has 0 aromatic heterocycles. The SMILES string of the molecule is CC(C)(C)c1ccc(OC2O[C@H](C(=O)O)[C@@H](O)[C@H](O)[C@H]2O)cc1. The third-order valence-corrected chi connectivity index (χ3v) is 3.79. The molecule has 4 N–H and O–H groups in total. The van der Waals surface area contributed by atoms with Gasteiger partial charge in [0.1, 0.15) is 24.1 Å². The predicted molar refractivity (Wildman–Crippen MR) is 80.1 cm³/mol. The van der Waals surface area contributed by atoms with Gasteiger partial charge in [-0.1, -0.05) is 32.9 Å². The molecule has 1 fully saturated rings. The van der Waals surface area contributed by atoms with Crippen molar-refractivity contribution in [2.45, 2.75) is 56.9 Å². The normalized spacial score (nSPS) is 31.7. The fraction of sp³-hybridized carbons (Fsp3) is 0.562. The molecular weight excluding hydrogens is 304 g/mol. The Morgan fingerprint density at radius 2 is 1.61 bits per heavy atom. The van der Waals surface area contributed by atoms with Gasteiger partial charge in [0.2, 0.25) is 6.29 Å². The number of benzene rings is 1. The highest BCUT2D eigenvalue weighted by Gasteiger charge is 2.48. The zero-order valence-electron chi connectivity index (χ0n) is 13.2. The highest BCUT2D eigenvalue weighted by Crippen LogP contribution is 2.27. The summed E-state index contributed by atoms with van der Waals surface area (Å²) in [5, 5.41) is 38.2. The van der Waals surface area contributed by atoms with Crippen LogP contribution in [0.4, 0.5) is 0 Å². The van der Waals surface area contributed by atoms with Gasteiger partial charge in [0.05, 0.1) is 0 Å². The van der Waals surface area contributed by atoms with Crippen molar-refractivity contribution in [3.05, 3.63) is 29.8 Å². The quantitative estimate of drug-likeness (QED) is 0.629. The third kappa shape index (κ3) is 3.81. The number of hydrogen-bond acceptors (Lipinski definition) is 6. The summed E-state index contributed by atoms with van der Waals surface area (Å²) in [5.41, 5.74) is 1.04. The average Bonchev–Trinajstić information content (AvgIpc) is 2.47. The van der Waals surface area contributed by atoms with E-state index in [9.17, 15) is 20.1 Å². The van der Waals surface area contributed by atoms with Crippen molar-refractivity contribution in [3.63, 3.8) is 0 Å². The Morgan fingerprint density at radius 3 is 2.09 bits per heavy atom. The zero-order chi connectivity index (χ0) is 17.4. The summed E-state index contributed by atoms with van der Waals surface area (Å²) in [6.07, 6.45) is -8.04. The van der Waals surface area contributed by atoms with Crippen LogP contribution in [0.3, 0.4) is 0 Å². The maximum absolute atomic E-state index is 11.0. The smallest absolute Gasteiger partial charge is 0.335 e. The van der Waals surface area contributed by atoms with Crippen LogP contribution in [0.1, 0.15) is 26.3 Å². The molecule has 1 aromatic rings. The first-order chi connectivity index (χ1) is 10.6. The van der Waals surface area contributed by atoms with Gasteiger partial charge in [-0.25, -0.2) is 4.79 Å². The van der Waals surface area contributed by atoms with Gasteiger partial charge in [-0.15, -0.1) is 0 Å². The van der Waals surface area contributed by atoms with E-state index in [-0.39, 0.29) is 5.41 Å². The Kier molecular flexibility index (Phi) is 4.95. The van der Waals surface area contributed by atoms with Gasteiger partial charge in [-0.3, -0.25) is 0 Å². The summed E-state index contributed by atoms with van der Waals surface area (Å²) in [5.74, 6) is -1.09. The summed E-state index contributed by atoms with van der Waals surface area (Å²) in [4.78, 5) is 11.0. The Labute approximate surface area is 134 Å². The second-order valence-corrected chi connectivity index (χ2v) is 6.63. The molecule has 0 amide bonds. The van der Waals surface area contributed by atoms with E-state index in [4.69, 9.17) is 14.6 Å². The van der Waals surface area contributed by atoms with E-state index >= 15 is 0 Å². The van der Waals surface area contributed by atoms with E-state index < -0.39 is 36.7 Å². The number of carbonyl (C=O) groups is 1. The topological polar surface area (TPSA) is 116 Å². The summed E-state index contributed by atoms with van der Waals surface area (Å²) >= 11 is 0. The maximum Gasteiger partial charge on any atom is 0.335 e. The van der Waals surface area contributed by atoms with Gasteiger partial charge in [-0.2, -0.15) is 0 Å². The first kappa shape index (κ1) is 17.7. The fourth-order valence-corrected chi connectivity index (χ4v) is 2.32. The Balaban J connectivity index is 2.13. The molecule has 0 bridgehead atoms. The number of hydrogen-bond donors (Lipinski definition) is 4. The maximum atomic E-state index is 11.0. The van der Waals surface area contributed by atoms with Crippen LogP contribution in [0.25, 0.3) is 0 Å². The zero-order valence-corrected chi connectivity index (χ0v) is 13.2. The van der Waals surface area contributed by atoms with Crippen LogP contribution in [0.5, 0.6) is 5.75 Å². The van der Waals surface area contributed by atoms with Crippen molar-refractivity contribution >= 4 is 5.97 Å². The van der Waals surface area contributed by atoms with E-state index in [0.717, 1.165) is 5.56 Å². The molecule has 5 atom stereocenters. The molecule has 1 heterocycles. The number of carboxylic acid groups (broad SMARTS) is 1. The molecule has 2 rings (SSSR count). The van der Waals surface area contributed by atoms with E-state index in [1.54, 1.807) is 12.1 Å². The lowest BCUT2D eigenvalue weighted by Crippen LogP contribution is -2.61. The predicted octanol–water partition coefficient (Wildman–Crippen LogP) is 0.255. The van der Waals surface area contributed by atoms with Crippen molar-refractivity contribution < 1.29 is 34.7 Å². The second kappa shape index (κ2) is 6.45. The minimum Gasteiger partial charge on any atom is -0.479 e. The molecule has 0 saturated carbocycles. The third-order valence-electron chi connectivity index (χ3n) is 3.79. The van der Waals surface area contributed by atoms with Gasteiger partial charge in [0.15, 0.2) is 6.10 Å². The van der Waals surface area contributed by atoms with Crippen molar-refractivity contribution in [2.75, 3.05) is 0 Å². The Morgan fingerprint density at radius 1 is 1.04 bits per heavy atom. The lowest BCUT2D eigenvalue weighted by Gasteiger charge is -2.38. The van der Waals surface area contributed by atoms with Crippen molar-refractivity contribution in [3.8, 4) is 5.75 Å². The monoisotopic (exact) mass is 326 g/mol. The lowest BCUT2D eigenvalue weighted by atomic mass is 9.87. The van der Waals surface area contributed by atoms with Crippen molar-refractivity contribution in [2.24, 2.45) is 0 Å². The highest BCUT2D eigenvalue weighted by atomic mass is 16.7. The highest BCUT2D eigenvalue weighted by molar-refractivity contribution is 5.73. The van der Waals surface area contributed by atoms with Crippen LogP contribution in [0.15, 0.2) is 24.3 Å². The lowest BCUT2D eigenvalue weighted by molar-refractivity contribution is -0.271. The van der Waals surface area contributed by atoms with Gasteiger partial charge in [-0.05, 0) is 23.1 Å². The largest absolute Gasteiger partial charge is 0.479 e. The molecule has 7 nitrogen and oxygen atoms in total. The van der Waals surface area contributed by atoms with Gasteiger partial charge >= 0.3 is 5.97 Å². The number of carboxylic acids is 1. The first-order valence-corrected chi connectivity index (χ1v) is 7.31. The molecule has 1 aromatic carbocycles. The Hall–Kier alpha value is -1.67. The van der Waals surface area contributed by atoms with Crippen LogP contribution in [-0.2, 0) is 14.9 Å². The molecule has 7 heteroatoms. The molecule has 128 valence electrons. The standard InChI is InChI=1S/C16H22O7/c1-16(2,3)8-4-6-9(7-5-8)22-15-12(19)10(17)11(18)13(23-15)14(20)21/h4-7,10-13,15,17-19H,1-3H3,(H,20,21)/t10-,11-,12+,13-,15?/m0/s1. The number of ether oxygens (including phenoxy) is 2. The number of aliphatic carboxylic acids is 1. The van der Waals surface area contributed by atoms with Crippen LogP contribution in [0, 0.1) is 0 Å². The van der Waals surface area contributed by atoms with E-state index in [0.29, 0.717) is 5.75 Å². The molecular formula is C16H22O7. The average molecular weight is 326 g/mol. The molecule has 1 saturated heterocycles. The molecule has 23 heavy (non-hydrogen) atoms. The first-order valence-electron chi connectivity index (χ1n) is 7.31. The number of rotatable bonds is 3. The molecule has 1 aliphatic rings. The van der Waals surface area contributed by atoms with E-state index in [1.165, 1.54) is 0 Å². The van der Waals surface area contributed by atoms with Crippen LogP contribution < -0.4 is 4.74 Å². The summed E-state index contributed by atoms with van der Waals surface area (Å²) < 4.78 is 10.5. The van der Waals surface area contributed by atoms with Crippen LogP contribution in [0.2, 0.25) is 0 Å². The molecule has 0 aliphatic carbocycles. The second-order valence-electron chi connectivity index (χ2n) is 6.63. The Bertz CT molecular complexity index is 549. The molecule has 1 aliphatic heterocycles. The van der Waals surface area contributed by atoms with Crippen LogP contribution in [-0.4, -0.2) is 57.1 Å². The summed E-state index contributed by atoms with van der Waals surface area (Å²) in [6, 6.07) is 7.04. The minimum atomic E-state index is -1.73. The van der Waals surface area contributed by atoms with Gasteiger partial charge in [0.25, 0.3) is 0 Å². The summed E-state index contributed by atoms with van der Waals surface area (Å²) in [7, 11) is 0. The number of aliphatic hydroxyl groups excluding tert-OH is 3. The van der Waals surface area contributed by atoms with Crippen LogP contribution >= 0.6 is 0 Å². The molecule has 0 spiro atoms. The van der Waals surface area contributed by atoms with Crippen molar-refractivity contribution in [1.29, 1.82) is 0 Å². The molecule has 0 radical (unpaired) electrons. The van der Waals surface area contributed by atoms with Gasteiger partial charge < -0.3 is 29.9 Å². The van der Waals surface area contributed by atoms with Crippen molar-refractivity contribution in [1.82, 2.24) is 0 Å². The summed E-state index contributed by atoms with van der Waals surface area (Å²) in [6.45, 7) is 6.18. The number of aliphatic hydroxyl groups is 3. The minimum absolute atomic E-state index is 0.0336. The molecule has 1 unspecified atom stereocenters.